The van der Waals surface area contributed by atoms with Crippen LogP contribution in [0, 0.1) is 0 Å². The van der Waals surface area contributed by atoms with E-state index < -0.39 is 0 Å². The lowest BCUT2D eigenvalue weighted by Gasteiger charge is -2.10. The normalized spacial score (nSPS) is 10.5. The van der Waals surface area contributed by atoms with Gasteiger partial charge in [0, 0.05) is 23.0 Å². The number of amides is 1. The molecule has 0 aliphatic heterocycles. The molecule has 1 heterocycles. The first kappa shape index (κ1) is 15.8. The van der Waals surface area contributed by atoms with Crippen molar-refractivity contribution in [3.63, 3.8) is 0 Å². The van der Waals surface area contributed by atoms with Crippen LogP contribution in [0.2, 0.25) is 0 Å². The Morgan fingerprint density at radius 1 is 1.13 bits per heavy atom. The van der Waals surface area contributed by atoms with E-state index in [9.17, 15) is 4.79 Å². The maximum atomic E-state index is 12.4. The van der Waals surface area contributed by atoms with E-state index in [2.05, 4.69) is 26.3 Å². The minimum Gasteiger partial charge on any atom is -0.320 e. The highest BCUT2D eigenvalue weighted by atomic mass is 79.9. The third kappa shape index (κ3) is 3.83. The summed E-state index contributed by atoms with van der Waals surface area (Å²) in [4.78, 5) is 14.5. The molecule has 3 rings (SSSR count). The highest BCUT2D eigenvalue weighted by Crippen LogP contribution is 2.33. The van der Waals surface area contributed by atoms with Crippen LogP contribution in [0.3, 0.4) is 0 Å². The fourth-order valence-electron chi connectivity index (χ4n) is 2.07. The van der Waals surface area contributed by atoms with Gasteiger partial charge in [-0.25, -0.2) is 0 Å². The molecule has 1 aromatic heterocycles. The molecule has 6 heteroatoms. The number of hydrogen-bond acceptors (Lipinski definition) is 3. The van der Waals surface area contributed by atoms with Crippen LogP contribution in [0.25, 0.3) is 0 Å². The van der Waals surface area contributed by atoms with Gasteiger partial charge in [0.2, 0.25) is 0 Å². The molecule has 0 aliphatic carbocycles. The van der Waals surface area contributed by atoms with E-state index in [-0.39, 0.29) is 5.91 Å². The number of benzene rings is 2. The van der Waals surface area contributed by atoms with Crippen molar-refractivity contribution >= 4 is 39.3 Å². The van der Waals surface area contributed by atoms with Crippen molar-refractivity contribution in [2.75, 3.05) is 5.32 Å². The van der Waals surface area contributed by atoms with Gasteiger partial charge in [-0.15, -0.1) is 0 Å². The van der Waals surface area contributed by atoms with Gasteiger partial charge in [-0.05, 0) is 40.2 Å². The highest BCUT2D eigenvalue weighted by Gasteiger charge is 2.16. The van der Waals surface area contributed by atoms with E-state index in [1.165, 1.54) is 0 Å². The molecule has 23 heavy (non-hydrogen) atoms. The van der Waals surface area contributed by atoms with E-state index in [0.29, 0.717) is 10.2 Å². The topological polar surface area (TPSA) is 46.9 Å². The molecule has 0 saturated heterocycles. The third-order valence-electron chi connectivity index (χ3n) is 3.11. The van der Waals surface area contributed by atoms with Gasteiger partial charge in [0.05, 0.1) is 10.2 Å². The molecule has 0 aliphatic rings. The Morgan fingerprint density at radius 3 is 2.52 bits per heavy atom. The lowest BCUT2D eigenvalue weighted by Crippen LogP contribution is -2.14. The second-order valence-corrected chi connectivity index (χ2v) is 6.83. The van der Waals surface area contributed by atoms with Crippen molar-refractivity contribution in [1.82, 2.24) is 9.78 Å². The first-order valence-electron chi connectivity index (χ1n) is 6.96. The number of aryl methyl sites for hydroxylation is 1. The molecule has 0 radical (unpaired) electrons. The summed E-state index contributed by atoms with van der Waals surface area (Å²) in [6.45, 7) is 0. The molecule has 1 amide bonds. The molecule has 1 N–H and O–H groups in total. The number of carbonyl (C=O) groups excluding carboxylic acids is 1. The third-order valence-corrected chi connectivity index (χ3v) is 4.77. The number of aromatic nitrogens is 2. The molecule has 4 nitrogen and oxygen atoms in total. The Morgan fingerprint density at radius 2 is 1.83 bits per heavy atom. The number of halogens is 1. The fraction of sp³-hybridized carbons (Fsp3) is 0.0588. The van der Waals surface area contributed by atoms with Crippen LogP contribution < -0.4 is 5.32 Å². The number of hydrogen-bond donors (Lipinski definition) is 1. The van der Waals surface area contributed by atoms with Gasteiger partial charge >= 0.3 is 0 Å². The van der Waals surface area contributed by atoms with Gasteiger partial charge in [0.1, 0.15) is 0 Å². The lowest BCUT2D eigenvalue weighted by molar-refractivity contribution is 0.102. The van der Waals surface area contributed by atoms with E-state index in [1.54, 1.807) is 29.7 Å². The van der Waals surface area contributed by atoms with Crippen molar-refractivity contribution in [1.29, 1.82) is 0 Å². The monoisotopic (exact) mass is 387 g/mol. The van der Waals surface area contributed by atoms with E-state index in [1.807, 2.05) is 54.6 Å². The van der Waals surface area contributed by atoms with E-state index >= 15 is 0 Å². The van der Waals surface area contributed by atoms with E-state index in [0.717, 1.165) is 15.5 Å². The maximum Gasteiger partial charge on any atom is 0.277 e. The molecule has 0 bridgehead atoms. The van der Waals surface area contributed by atoms with Crippen molar-refractivity contribution in [2.24, 2.45) is 7.05 Å². The van der Waals surface area contributed by atoms with Gasteiger partial charge in [-0.3, -0.25) is 9.48 Å². The van der Waals surface area contributed by atoms with Crippen LogP contribution in [-0.4, -0.2) is 15.7 Å². The first-order valence-corrected chi connectivity index (χ1v) is 8.57. The summed E-state index contributed by atoms with van der Waals surface area (Å²) in [6.07, 6.45) is 1.75. The van der Waals surface area contributed by atoms with Crippen LogP contribution in [0.5, 0.6) is 0 Å². The second kappa shape index (κ2) is 7.02. The fourth-order valence-corrected chi connectivity index (χ4v) is 3.55. The van der Waals surface area contributed by atoms with Crippen molar-refractivity contribution < 1.29 is 4.79 Å². The summed E-state index contributed by atoms with van der Waals surface area (Å²) in [6, 6.07) is 17.8. The summed E-state index contributed by atoms with van der Waals surface area (Å²) in [5.74, 6) is -0.237. The molecular formula is C17H14BrN3OS. The average molecular weight is 388 g/mol. The molecule has 0 fully saturated rings. The smallest absolute Gasteiger partial charge is 0.277 e. The van der Waals surface area contributed by atoms with Crippen LogP contribution in [0.15, 0.2) is 75.1 Å². The first-order chi connectivity index (χ1) is 11.1. The SMILES string of the molecule is Cn1cc(Br)c(C(=O)Nc2ccccc2Sc2ccccc2)n1. The van der Waals surface area contributed by atoms with Crippen molar-refractivity contribution in [3.05, 3.63) is 71.0 Å². The van der Waals surface area contributed by atoms with Gasteiger partial charge in [0.25, 0.3) is 5.91 Å². The predicted molar refractivity (Wildman–Crippen MR) is 95.9 cm³/mol. The summed E-state index contributed by atoms with van der Waals surface area (Å²) in [5.41, 5.74) is 1.14. The number of carbonyl (C=O) groups is 1. The summed E-state index contributed by atoms with van der Waals surface area (Å²) >= 11 is 4.96. The van der Waals surface area contributed by atoms with E-state index in [4.69, 9.17) is 0 Å². The molecule has 2 aromatic carbocycles. The maximum absolute atomic E-state index is 12.4. The van der Waals surface area contributed by atoms with Gasteiger partial charge in [-0.1, -0.05) is 42.1 Å². The molecule has 0 atom stereocenters. The molecule has 0 saturated carbocycles. The van der Waals surface area contributed by atoms with Crippen LogP contribution >= 0.6 is 27.7 Å². The van der Waals surface area contributed by atoms with Gasteiger partial charge < -0.3 is 5.32 Å². The van der Waals surface area contributed by atoms with Crippen molar-refractivity contribution in [2.45, 2.75) is 9.79 Å². The summed E-state index contributed by atoms with van der Waals surface area (Å²) < 4.78 is 2.27. The standard InChI is InChI=1S/C17H14BrN3OS/c1-21-11-13(18)16(20-21)17(22)19-14-9-5-6-10-15(14)23-12-7-3-2-4-8-12/h2-11H,1H3,(H,19,22). The summed E-state index contributed by atoms with van der Waals surface area (Å²) in [5, 5.41) is 7.11. The van der Waals surface area contributed by atoms with Gasteiger partial charge in [0.15, 0.2) is 5.69 Å². The molecule has 116 valence electrons. The quantitative estimate of drug-likeness (QED) is 0.712. The molecule has 3 aromatic rings. The number of rotatable bonds is 4. The average Bonchev–Trinajstić information content (AvgIpc) is 2.89. The molecule has 0 unspecified atom stereocenters. The Bertz CT molecular complexity index is 833. The predicted octanol–water partition coefficient (Wildman–Crippen LogP) is 4.59. The molecular weight excluding hydrogens is 374 g/mol. The largest absolute Gasteiger partial charge is 0.320 e. The van der Waals surface area contributed by atoms with Crippen molar-refractivity contribution in [3.8, 4) is 0 Å². The zero-order valence-electron chi connectivity index (χ0n) is 12.4. The number of nitrogens with zero attached hydrogens (tertiary/aromatic N) is 2. The number of nitrogens with one attached hydrogen (secondary N) is 1. The Kier molecular flexibility index (Phi) is 4.83. The van der Waals surface area contributed by atoms with Crippen LogP contribution in [0.1, 0.15) is 10.5 Å². The minimum absolute atomic E-state index is 0.237. The molecule has 0 spiro atoms. The van der Waals surface area contributed by atoms with Crippen LogP contribution in [-0.2, 0) is 7.05 Å². The zero-order chi connectivity index (χ0) is 16.2. The Hall–Kier alpha value is -2.05. The highest BCUT2D eigenvalue weighted by molar-refractivity contribution is 9.10. The number of anilines is 1. The van der Waals surface area contributed by atoms with Crippen LogP contribution in [0.4, 0.5) is 5.69 Å². The second-order valence-electron chi connectivity index (χ2n) is 4.86. The lowest BCUT2D eigenvalue weighted by atomic mass is 10.3. The minimum atomic E-state index is -0.237. The zero-order valence-corrected chi connectivity index (χ0v) is 14.8. The Labute approximate surface area is 147 Å². The summed E-state index contributed by atoms with van der Waals surface area (Å²) in [7, 11) is 1.78. The van der Waals surface area contributed by atoms with Gasteiger partial charge in [-0.2, -0.15) is 5.10 Å². The Balaban J connectivity index is 1.83. The number of para-hydroxylation sites is 1.